The summed E-state index contributed by atoms with van der Waals surface area (Å²) < 4.78 is 37.4. The van der Waals surface area contributed by atoms with Crippen LogP contribution in [0.25, 0.3) is 6.08 Å². The molecule has 98 valence electrons. The van der Waals surface area contributed by atoms with Crippen LogP contribution in [0, 0.1) is 0 Å². The highest BCUT2D eigenvalue weighted by Gasteiger charge is 2.30. The van der Waals surface area contributed by atoms with Crippen molar-refractivity contribution in [2.24, 2.45) is 0 Å². The minimum absolute atomic E-state index is 0.594. The number of halogens is 3. The third kappa shape index (κ3) is 4.18. The largest absolute Gasteiger partial charge is 0.416 e. The fourth-order valence-electron chi connectivity index (χ4n) is 1.70. The molecule has 0 amide bonds. The van der Waals surface area contributed by atoms with Crippen molar-refractivity contribution in [2.75, 3.05) is 6.54 Å². The predicted molar refractivity (Wildman–Crippen MR) is 66.1 cm³/mol. The van der Waals surface area contributed by atoms with Crippen LogP contribution >= 0.6 is 0 Å². The number of nitrogens with one attached hydrogen (secondary N) is 1. The molecule has 1 aromatic rings. The highest BCUT2D eigenvalue weighted by atomic mass is 19.4. The third-order valence-electron chi connectivity index (χ3n) is 2.85. The van der Waals surface area contributed by atoms with Gasteiger partial charge in [0.2, 0.25) is 0 Å². The van der Waals surface area contributed by atoms with E-state index in [1.807, 2.05) is 6.08 Å². The van der Waals surface area contributed by atoms with Crippen LogP contribution in [0.3, 0.4) is 0 Å². The SMILES string of the molecule is FC(F)(F)c1cccc(C=CCCNC2CC2)c1. The zero-order valence-corrected chi connectivity index (χ0v) is 10.0. The maximum atomic E-state index is 12.5. The molecule has 0 saturated heterocycles. The van der Waals surface area contributed by atoms with Gasteiger partial charge < -0.3 is 5.32 Å². The lowest BCUT2D eigenvalue weighted by atomic mass is 10.1. The molecule has 1 fully saturated rings. The Morgan fingerprint density at radius 3 is 2.72 bits per heavy atom. The van der Waals surface area contributed by atoms with E-state index < -0.39 is 11.7 Å². The van der Waals surface area contributed by atoms with Gasteiger partial charge >= 0.3 is 6.18 Å². The Balaban J connectivity index is 1.85. The van der Waals surface area contributed by atoms with Gasteiger partial charge in [-0.25, -0.2) is 0 Å². The van der Waals surface area contributed by atoms with Crippen LogP contribution in [-0.4, -0.2) is 12.6 Å². The maximum absolute atomic E-state index is 12.5. The second-order valence-electron chi connectivity index (χ2n) is 4.54. The van der Waals surface area contributed by atoms with Crippen molar-refractivity contribution in [2.45, 2.75) is 31.5 Å². The number of alkyl halides is 3. The van der Waals surface area contributed by atoms with Gasteiger partial charge in [-0.1, -0.05) is 24.3 Å². The van der Waals surface area contributed by atoms with Gasteiger partial charge in [0.25, 0.3) is 0 Å². The van der Waals surface area contributed by atoms with E-state index in [2.05, 4.69) is 5.32 Å². The van der Waals surface area contributed by atoms with E-state index in [9.17, 15) is 13.2 Å². The first kappa shape index (κ1) is 13.1. The summed E-state index contributed by atoms with van der Waals surface area (Å²) in [5.41, 5.74) is -0.00278. The van der Waals surface area contributed by atoms with E-state index >= 15 is 0 Å². The Hall–Kier alpha value is -1.29. The molecule has 1 N–H and O–H groups in total. The van der Waals surface area contributed by atoms with Crippen LogP contribution in [-0.2, 0) is 6.18 Å². The van der Waals surface area contributed by atoms with Crippen LogP contribution in [0.15, 0.2) is 30.3 Å². The number of rotatable bonds is 5. The molecular formula is C14H16F3N. The molecule has 0 atom stereocenters. The first-order valence-electron chi connectivity index (χ1n) is 6.13. The van der Waals surface area contributed by atoms with Crippen molar-refractivity contribution in [1.82, 2.24) is 5.32 Å². The lowest BCUT2D eigenvalue weighted by molar-refractivity contribution is -0.137. The molecule has 1 aliphatic rings. The first-order valence-corrected chi connectivity index (χ1v) is 6.13. The highest BCUT2D eigenvalue weighted by Crippen LogP contribution is 2.29. The molecule has 0 aliphatic heterocycles. The summed E-state index contributed by atoms with van der Waals surface area (Å²) in [6, 6.07) is 6.05. The normalized spacial score (nSPS) is 16.4. The van der Waals surface area contributed by atoms with E-state index in [1.165, 1.54) is 25.0 Å². The van der Waals surface area contributed by atoms with Crippen molar-refractivity contribution >= 4 is 6.08 Å². The average molecular weight is 255 g/mol. The molecule has 0 bridgehead atoms. The zero-order valence-electron chi connectivity index (χ0n) is 10.0. The van der Waals surface area contributed by atoms with Crippen LogP contribution in [0.1, 0.15) is 30.4 Å². The van der Waals surface area contributed by atoms with E-state index in [4.69, 9.17) is 0 Å². The summed E-state index contributed by atoms with van der Waals surface area (Å²) in [7, 11) is 0. The molecule has 0 unspecified atom stereocenters. The van der Waals surface area contributed by atoms with E-state index in [0.717, 1.165) is 19.0 Å². The smallest absolute Gasteiger partial charge is 0.314 e. The lowest BCUT2D eigenvalue weighted by Crippen LogP contribution is -2.16. The van der Waals surface area contributed by atoms with Crippen molar-refractivity contribution in [3.05, 3.63) is 41.5 Å². The Kier molecular flexibility index (Phi) is 4.07. The second kappa shape index (κ2) is 5.57. The molecule has 2 rings (SSSR count). The summed E-state index contributed by atoms with van der Waals surface area (Å²) >= 11 is 0. The van der Waals surface area contributed by atoms with Crippen LogP contribution in [0.4, 0.5) is 13.2 Å². The predicted octanol–water partition coefficient (Wildman–Crippen LogP) is 3.86. The van der Waals surface area contributed by atoms with E-state index in [-0.39, 0.29) is 0 Å². The molecule has 0 heterocycles. The minimum Gasteiger partial charge on any atom is -0.314 e. The third-order valence-corrected chi connectivity index (χ3v) is 2.85. The number of hydrogen-bond acceptors (Lipinski definition) is 1. The van der Waals surface area contributed by atoms with Crippen LogP contribution in [0.2, 0.25) is 0 Å². The minimum atomic E-state index is -4.27. The van der Waals surface area contributed by atoms with Gasteiger partial charge in [-0.05, 0) is 43.5 Å². The van der Waals surface area contributed by atoms with E-state index in [1.54, 1.807) is 12.1 Å². The molecule has 1 saturated carbocycles. The first-order chi connectivity index (χ1) is 8.55. The molecule has 1 nitrogen and oxygen atoms in total. The van der Waals surface area contributed by atoms with Crippen molar-refractivity contribution in [1.29, 1.82) is 0 Å². The monoisotopic (exact) mass is 255 g/mol. The molecule has 0 spiro atoms. The summed E-state index contributed by atoms with van der Waals surface area (Å²) in [5, 5.41) is 3.35. The van der Waals surface area contributed by atoms with Gasteiger partial charge in [-0.2, -0.15) is 13.2 Å². The Morgan fingerprint density at radius 1 is 1.28 bits per heavy atom. The molecule has 4 heteroatoms. The summed E-state index contributed by atoms with van der Waals surface area (Å²) in [6.45, 7) is 0.889. The zero-order chi connectivity index (χ0) is 13.0. The molecule has 1 aromatic carbocycles. The Morgan fingerprint density at radius 2 is 2.06 bits per heavy atom. The molecular weight excluding hydrogens is 239 g/mol. The van der Waals surface area contributed by atoms with E-state index in [0.29, 0.717) is 11.6 Å². The summed E-state index contributed by atoms with van der Waals surface area (Å²) in [4.78, 5) is 0. The maximum Gasteiger partial charge on any atom is 0.416 e. The average Bonchev–Trinajstić information content (AvgIpc) is 3.12. The fourth-order valence-corrected chi connectivity index (χ4v) is 1.70. The Labute approximate surface area is 105 Å². The highest BCUT2D eigenvalue weighted by molar-refractivity contribution is 5.50. The van der Waals surface area contributed by atoms with Crippen molar-refractivity contribution in [3.8, 4) is 0 Å². The quantitative estimate of drug-likeness (QED) is 0.788. The van der Waals surface area contributed by atoms with Crippen LogP contribution in [0.5, 0.6) is 0 Å². The van der Waals surface area contributed by atoms with Gasteiger partial charge in [0, 0.05) is 6.04 Å². The number of benzene rings is 1. The summed E-state index contributed by atoms with van der Waals surface area (Å²) in [6.07, 6.45) is 2.72. The Bertz CT molecular complexity index is 419. The lowest BCUT2D eigenvalue weighted by Gasteiger charge is -2.06. The van der Waals surface area contributed by atoms with Crippen molar-refractivity contribution in [3.63, 3.8) is 0 Å². The summed E-state index contributed by atoms with van der Waals surface area (Å²) in [5.74, 6) is 0. The molecule has 1 aliphatic carbocycles. The second-order valence-corrected chi connectivity index (χ2v) is 4.54. The molecule has 0 aromatic heterocycles. The van der Waals surface area contributed by atoms with Gasteiger partial charge in [0.05, 0.1) is 5.56 Å². The van der Waals surface area contributed by atoms with Gasteiger partial charge in [0.1, 0.15) is 0 Å². The topological polar surface area (TPSA) is 12.0 Å². The fraction of sp³-hybridized carbons (Fsp3) is 0.429. The van der Waals surface area contributed by atoms with Crippen LogP contribution < -0.4 is 5.32 Å². The van der Waals surface area contributed by atoms with Gasteiger partial charge in [-0.15, -0.1) is 0 Å². The molecule has 18 heavy (non-hydrogen) atoms. The van der Waals surface area contributed by atoms with Gasteiger partial charge in [-0.3, -0.25) is 0 Å². The standard InChI is InChI=1S/C14H16F3N/c15-14(16,17)12-6-3-5-11(10-12)4-1-2-9-18-13-7-8-13/h1,3-6,10,13,18H,2,7-9H2. The van der Waals surface area contributed by atoms with Gasteiger partial charge in [0.15, 0.2) is 0 Å². The molecule has 0 radical (unpaired) electrons. The van der Waals surface area contributed by atoms with Crippen molar-refractivity contribution < 1.29 is 13.2 Å². The number of hydrogen-bond donors (Lipinski definition) is 1.